The Morgan fingerprint density at radius 2 is 0.707 bits per heavy atom. The summed E-state index contributed by atoms with van der Waals surface area (Å²) in [6, 6.07) is -5.13. The quantitative estimate of drug-likeness (QED) is 0.0234. The van der Waals surface area contributed by atoms with Crippen LogP contribution in [-0.2, 0) is 47.9 Å². The van der Waals surface area contributed by atoms with Crippen molar-refractivity contribution in [3.63, 3.8) is 0 Å². The summed E-state index contributed by atoms with van der Waals surface area (Å²) in [7, 11) is 0. The first kappa shape index (κ1) is 81.4. The van der Waals surface area contributed by atoms with Crippen molar-refractivity contribution >= 4 is 94.2 Å². The minimum atomic E-state index is -1.15. The van der Waals surface area contributed by atoms with Gasteiger partial charge in [-0.25, -0.2) is 0 Å². The van der Waals surface area contributed by atoms with E-state index in [0.29, 0.717) is 44.3 Å². The van der Waals surface area contributed by atoms with Gasteiger partial charge >= 0.3 is 35.8 Å². The van der Waals surface area contributed by atoms with Gasteiger partial charge in [0.1, 0.15) is 59.4 Å². The number of carbonyl (C=O) groups excluding carboxylic acids is 4. The molecule has 0 aromatic heterocycles. The molecule has 6 unspecified atom stereocenters. The predicted molar refractivity (Wildman–Crippen MR) is 301 cm³/mol. The molecular formula is C50H88N6O16S3. The number of hydrogen-bond donors (Lipinski definition) is 12. The second-order valence-corrected chi connectivity index (χ2v) is 20.7. The largest absolute Gasteiger partial charge is 0.480 e. The molecule has 0 fully saturated rings. The van der Waals surface area contributed by atoms with Crippen LogP contribution in [0.1, 0.15) is 119 Å². The Kier molecular flexibility index (Phi) is 55.5. The molecular weight excluding hydrogens is 1040 g/mol. The first-order valence-electron chi connectivity index (χ1n) is 23.3. The van der Waals surface area contributed by atoms with E-state index >= 15 is 0 Å². The zero-order chi connectivity index (χ0) is 60.0. The van der Waals surface area contributed by atoms with Gasteiger partial charge in [0.15, 0.2) is 0 Å². The number of allylic oxidation sites excluding steroid dienone is 2. The molecule has 25 heteroatoms. The van der Waals surface area contributed by atoms with Crippen molar-refractivity contribution in [3.8, 4) is 0 Å². The Morgan fingerprint density at radius 1 is 0.373 bits per heavy atom. The maximum Gasteiger partial charge on any atom is 0.321 e. The van der Waals surface area contributed by atoms with Crippen molar-refractivity contribution in [3.05, 3.63) is 60.8 Å². The van der Waals surface area contributed by atoms with Crippen LogP contribution >= 0.6 is 35.3 Å². The molecule has 0 heterocycles. The van der Waals surface area contributed by atoms with Gasteiger partial charge in [-0.3, -0.25) is 47.9 Å². The molecule has 0 amide bonds. The van der Waals surface area contributed by atoms with Crippen LogP contribution in [0.4, 0.5) is 0 Å². The SMILES string of the molecule is C=C(C)CC(=O)CC(N)C(=O)O.C=C(C)CC(=O)CCCC(N)C(=O)O.C=C(C)CSCC(N)C(=O)O.C=C(C)CSCCC(N)C(=O)O.C=C(C)CSCCCC(N)C(=O)O.CC(=O)CC(=O)CCC(N)C(=O)O. The molecule has 0 bridgehead atoms. The predicted octanol–water partition coefficient (Wildman–Crippen LogP) is 4.45. The lowest BCUT2D eigenvalue weighted by Crippen LogP contribution is -2.32. The highest BCUT2D eigenvalue weighted by Gasteiger charge is 2.17. The molecule has 6 atom stereocenters. The van der Waals surface area contributed by atoms with Crippen LogP contribution in [0.5, 0.6) is 0 Å². The van der Waals surface area contributed by atoms with E-state index in [-0.39, 0.29) is 55.2 Å². The number of thioether (sulfide) groups is 3. The van der Waals surface area contributed by atoms with E-state index in [2.05, 4.69) is 32.9 Å². The number of ketones is 4. The van der Waals surface area contributed by atoms with Crippen molar-refractivity contribution in [2.24, 2.45) is 34.4 Å². The van der Waals surface area contributed by atoms with Gasteiger partial charge in [0.2, 0.25) is 0 Å². The highest BCUT2D eigenvalue weighted by molar-refractivity contribution is 7.99. The van der Waals surface area contributed by atoms with Crippen LogP contribution in [0.3, 0.4) is 0 Å². The first-order valence-corrected chi connectivity index (χ1v) is 26.8. The Hall–Kier alpha value is -4.99. The second-order valence-electron chi connectivity index (χ2n) is 17.5. The summed E-state index contributed by atoms with van der Waals surface area (Å²) in [5.41, 5.74) is 36.3. The van der Waals surface area contributed by atoms with Crippen LogP contribution in [0.25, 0.3) is 0 Å². The molecule has 432 valence electrons. The lowest BCUT2D eigenvalue weighted by atomic mass is 10.0. The third-order valence-electron chi connectivity index (χ3n) is 8.22. The lowest BCUT2D eigenvalue weighted by molar-refractivity contribution is -0.140. The summed E-state index contributed by atoms with van der Waals surface area (Å²) >= 11 is 4.92. The molecule has 0 spiro atoms. The van der Waals surface area contributed by atoms with Crippen molar-refractivity contribution < 1.29 is 78.6 Å². The minimum Gasteiger partial charge on any atom is -0.480 e. The summed E-state index contributed by atoms with van der Waals surface area (Å²) in [6.07, 6.45) is 3.65. The molecule has 0 aliphatic heterocycles. The van der Waals surface area contributed by atoms with Gasteiger partial charge in [-0.2, -0.15) is 35.3 Å². The van der Waals surface area contributed by atoms with Gasteiger partial charge in [0.05, 0.1) is 6.42 Å². The number of Topliss-reactive ketones (excluding diaryl/α,β-unsaturated/α-hetero) is 4. The highest BCUT2D eigenvalue weighted by atomic mass is 32.2. The van der Waals surface area contributed by atoms with E-state index in [1.54, 1.807) is 37.4 Å². The van der Waals surface area contributed by atoms with Gasteiger partial charge < -0.3 is 65.0 Å². The number of rotatable bonds is 36. The fraction of sp³-hybridized carbons (Fsp3) is 0.600. The normalized spacial score (nSPS) is 12.3. The molecule has 0 aliphatic rings. The van der Waals surface area contributed by atoms with E-state index in [0.717, 1.165) is 63.1 Å². The number of aliphatic carboxylic acids is 6. The molecule has 22 nitrogen and oxygen atoms in total. The maximum atomic E-state index is 11.2. The molecule has 75 heavy (non-hydrogen) atoms. The van der Waals surface area contributed by atoms with Crippen LogP contribution in [0, 0.1) is 0 Å². The Balaban J connectivity index is -0.000000191. The molecule has 0 saturated heterocycles. The molecule has 18 N–H and O–H groups in total. The number of carboxylic acids is 6. The van der Waals surface area contributed by atoms with Crippen molar-refractivity contribution in [2.45, 2.75) is 155 Å². The van der Waals surface area contributed by atoms with Gasteiger partial charge in [-0.05, 0) is 91.6 Å². The van der Waals surface area contributed by atoms with Crippen LogP contribution < -0.4 is 34.4 Å². The summed E-state index contributed by atoms with van der Waals surface area (Å²) in [5, 5.41) is 50.5. The Bertz CT molecular complexity index is 1850. The number of nitrogens with two attached hydrogens (primary N) is 6. The average Bonchev–Trinajstić information content (AvgIpc) is 3.26. The van der Waals surface area contributed by atoms with Crippen molar-refractivity contribution in [1.29, 1.82) is 0 Å². The fourth-order valence-corrected chi connectivity index (χ4v) is 7.04. The van der Waals surface area contributed by atoms with Crippen molar-refractivity contribution in [2.75, 3.05) is 34.5 Å². The number of carboxylic acid groups (broad SMARTS) is 6. The lowest BCUT2D eigenvalue weighted by Gasteiger charge is -2.05. The Labute approximate surface area is 455 Å². The summed E-state index contributed by atoms with van der Waals surface area (Å²) in [5.74, 6) is -1.86. The highest BCUT2D eigenvalue weighted by Crippen LogP contribution is 2.11. The van der Waals surface area contributed by atoms with Crippen LogP contribution in [-0.4, -0.2) is 160 Å². The van der Waals surface area contributed by atoms with Gasteiger partial charge in [-0.1, -0.05) is 60.8 Å². The molecule has 0 aliphatic carbocycles. The zero-order valence-electron chi connectivity index (χ0n) is 44.7. The summed E-state index contributed by atoms with van der Waals surface area (Å²) < 4.78 is 0. The van der Waals surface area contributed by atoms with Crippen LogP contribution in [0.2, 0.25) is 0 Å². The molecule has 0 aromatic rings. The number of hydrogen-bond acceptors (Lipinski definition) is 19. The molecule has 0 radical (unpaired) electrons. The van der Waals surface area contributed by atoms with E-state index in [4.69, 9.17) is 65.0 Å². The molecule has 0 rings (SSSR count). The molecule has 0 saturated carbocycles. The van der Waals surface area contributed by atoms with Crippen LogP contribution in [0.15, 0.2) is 60.8 Å². The monoisotopic (exact) mass is 1120 g/mol. The van der Waals surface area contributed by atoms with Gasteiger partial charge in [0.25, 0.3) is 0 Å². The third-order valence-corrected chi connectivity index (χ3v) is 12.0. The average molecular weight is 1130 g/mol. The standard InChI is InChI=1S/C10H17NO3.C9H17NO2S.C8H13NO4.C8H13NO3.C8H15NO2S.C7H13NO2S/c1-7(2)6-8(12)4-3-5-9(11)10(13)14;1-7(2)6-13-5-3-4-8(10)9(11)12;1-5(10)4-6(11)2-3-7(9)8(12)13;1-5(2)3-6(10)4-7(9)8(11)12;1-6(2)5-12-4-3-7(9)8(10)11;1-5(2)3-11-4-6(8)7(9)10/h9H,1,3-6,11H2,2H3,(H,13,14);8H,1,3-6,10H2,2H3,(H,11,12);7H,2-4,9H2,1H3,(H,12,13);7H,1,3-4,9H2,2H3,(H,11,12);7H,1,3-5,9H2,2H3,(H,10,11);6H,1,3-4,8H2,2H3,(H,9,10). The first-order chi connectivity index (χ1) is 34.4. The number of carbonyl (C=O) groups is 10. The maximum absolute atomic E-state index is 11.2. The second kappa shape index (κ2) is 51.1. The fourth-order valence-electron chi connectivity index (χ4n) is 4.40. The van der Waals surface area contributed by atoms with Crippen molar-refractivity contribution in [1.82, 2.24) is 0 Å². The van der Waals surface area contributed by atoms with Gasteiger partial charge in [0, 0.05) is 55.1 Å². The summed E-state index contributed by atoms with van der Waals surface area (Å²) in [4.78, 5) is 105. The van der Waals surface area contributed by atoms with E-state index < -0.39 is 72.1 Å². The Morgan fingerprint density at radius 3 is 1.08 bits per heavy atom. The summed E-state index contributed by atoms with van der Waals surface area (Å²) in [6.45, 7) is 29.0. The van der Waals surface area contributed by atoms with E-state index in [1.807, 2.05) is 20.8 Å². The van der Waals surface area contributed by atoms with Gasteiger partial charge in [-0.15, -0.1) is 0 Å². The van der Waals surface area contributed by atoms with E-state index in [1.165, 1.54) is 18.7 Å². The van der Waals surface area contributed by atoms with E-state index in [9.17, 15) is 47.9 Å². The topological polar surface area (TPSA) is 448 Å². The zero-order valence-corrected chi connectivity index (χ0v) is 47.1. The third kappa shape index (κ3) is 69.0. The smallest absolute Gasteiger partial charge is 0.321 e. The minimum absolute atomic E-state index is 0.0487. The molecule has 0 aromatic carbocycles.